The number of phenolic OH excluding ortho intramolecular Hbond substituents is 1. The number of aromatic nitrogens is 1. The van der Waals surface area contributed by atoms with Crippen LogP contribution in [0.1, 0.15) is 19.4 Å². The molecule has 0 spiro atoms. The summed E-state index contributed by atoms with van der Waals surface area (Å²) >= 11 is 0. The van der Waals surface area contributed by atoms with E-state index in [0.29, 0.717) is 24.5 Å². The molecule has 2 aromatic rings. The number of nitrogens with zero attached hydrogens (tertiary/aromatic N) is 1. The number of para-hydroxylation sites is 1. The highest BCUT2D eigenvalue weighted by Gasteiger charge is 2.54. The molecule has 1 fully saturated rings. The van der Waals surface area contributed by atoms with Gasteiger partial charge < -0.3 is 19.3 Å². The fraction of sp³-hybridized carbons (Fsp3) is 0.333. The number of hydrogen-bond donors (Lipinski definition) is 1. The molecule has 0 bridgehead atoms. The van der Waals surface area contributed by atoms with E-state index in [9.17, 15) is 5.11 Å². The molecule has 0 atom stereocenters. The third-order valence-electron chi connectivity index (χ3n) is 3.87. The molecule has 0 unspecified atom stereocenters. The van der Waals surface area contributed by atoms with Gasteiger partial charge in [-0.15, -0.1) is 0 Å². The van der Waals surface area contributed by atoms with E-state index in [2.05, 4.69) is 4.98 Å². The Morgan fingerprint density at radius 3 is 2.52 bits per heavy atom. The molecule has 2 heterocycles. The molecule has 1 aliphatic heterocycles. The molecule has 3 rings (SSSR count). The highest BCUT2D eigenvalue weighted by atomic mass is 16.7. The lowest BCUT2D eigenvalue weighted by molar-refractivity contribution is -0.327. The lowest BCUT2D eigenvalue weighted by Gasteiger charge is -2.47. The largest absolute Gasteiger partial charge is 0.507 e. The van der Waals surface area contributed by atoms with Crippen LogP contribution in [0.25, 0.3) is 0 Å². The molecule has 1 aliphatic rings. The van der Waals surface area contributed by atoms with E-state index in [1.165, 1.54) is 0 Å². The normalized spacial score (nSPS) is 17.7. The summed E-state index contributed by atoms with van der Waals surface area (Å²) in [6, 6.07) is 10.6. The maximum Gasteiger partial charge on any atom is 0.239 e. The molecule has 1 N–H and O–H groups in total. The van der Waals surface area contributed by atoms with E-state index in [-0.39, 0.29) is 5.75 Å². The van der Waals surface area contributed by atoms with E-state index in [4.69, 9.17) is 14.2 Å². The monoisotopic (exact) mass is 314 g/mol. The number of hydrogen-bond acceptors (Lipinski definition) is 5. The van der Waals surface area contributed by atoms with E-state index in [1.54, 1.807) is 36.7 Å². The minimum Gasteiger partial charge on any atom is -0.507 e. The maximum atomic E-state index is 10.3. The molecule has 0 amide bonds. The van der Waals surface area contributed by atoms with Gasteiger partial charge in [0.25, 0.3) is 0 Å². The summed E-state index contributed by atoms with van der Waals surface area (Å²) in [5.74, 6) is -0.505. The SMILES string of the molecule is CC(C)(Oc1cccnc1)C1(c2ccccc2O)OC[CH]CO1. The first kappa shape index (κ1) is 15.8. The van der Waals surface area contributed by atoms with Gasteiger partial charge in [0.2, 0.25) is 5.79 Å². The summed E-state index contributed by atoms with van der Waals surface area (Å²) in [5, 5.41) is 10.3. The van der Waals surface area contributed by atoms with Crippen molar-refractivity contribution in [3.63, 3.8) is 0 Å². The summed E-state index contributed by atoms with van der Waals surface area (Å²) in [6.07, 6.45) is 5.20. The Morgan fingerprint density at radius 1 is 1.13 bits per heavy atom. The second-order valence-electron chi connectivity index (χ2n) is 5.85. The van der Waals surface area contributed by atoms with E-state index in [0.717, 1.165) is 0 Å². The van der Waals surface area contributed by atoms with Gasteiger partial charge in [-0.2, -0.15) is 0 Å². The third-order valence-corrected chi connectivity index (χ3v) is 3.87. The lowest BCUT2D eigenvalue weighted by atomic mass is 9.88. The first-order valence-electron chi connectivity index (χ1n) is 7.52. The molecule has 1 saturated heterocycles. The van der Waals surface area contributed by atoms with Gasteiger partial charge in [-0.05, 0) is 38.1 Å². The van der Waals surface area contributed by atoms with Crippen molar-refractivity contribution in [1.82, 2.24) is 4.98 Å². The van der Waals surface area contributed by atoms with Gasteiger partial charge in [0.15, 0.2) is 5.60 Å². The summed E-state index contributed by atoms with van der Waals surface area (Å²) in [4.78, 5) is 4.06. The van der Waals surface area contributed by atoms with Crippen molar-refractivity contribution in [1.29, 1.82) is 0 Å². The fourth-order valence-electron chi connectivity index (χ4n) is 2.79. The second kappa shape index (κ2) is 6.18. The van der Waals surface area contributed by atoms with Crippen LogP contribution in [0, 0.1) is 6.42 Å². The molecule has 0 saturated carbocycles. The van der Waals surface area contributed by atoms with Crippen molar-refractivity contribution in [2.45, 2.75) is 25.2 Å². The zero-order valence-corrected chi connectivity index (χ0v) is 13.2. The predicted octanol–water partition coefficient (Wildman–Crippen LogP) is 3.05. The van der Waals surface area contributed by atoms with Gasteiger partial charge in [-0.1, -0.05) is 12.1 Å². The Hall–Kier alpha value is -2.11. The van der Waals surface area contributed by atoms with E-state index < -0.39 is 11.4 Å². The lowest BCUT2D eigenvalue weighted by Crippen LogP contribution is -2.57. The second-order valence-corrected chi connectivity index (χ2v) is 5.85. The van der Waals surface area contributed by atoms with Crippen LogP contribution < -0.4 is 4.74 Å². The van der Waals surface area contributed by atoms with Crippen molar-refractivity contribution in [3.05, 3.63) is 60.8 Å². The fourth-order valence-corrected chi connectivity index (χ4v) is 2.79. The van der Waals surface area contributed by atoms with Crippen molar-refractivity contribution in [2.24, 2.45) is 0 Å². The van der Waals surface area contributed by atoms with Gasteiger partial charge in [0, 0.05) is 12.6 Å². The summed E-state index contributed by atoms with van der Waals surface area (Å²) < 4.78 is 18.1. The smallest absolute Gasteiger partial charge is 0.239 e. The first-order valence-corrected chi connectivity index (χ1v) is 7.52. The minimum absolute atomic E-state index is 0.109. The minimum atomic E-state index is -1.22. The van der Waals surface area contributed by atoms with Gasteiger partial charge in [0.05, 0.1) is 25.0 Å². The van der Waals surface area contributed by atoms with Gasteiger partial charge in [-0.25, -0.2) is 0 Å². The molecular formula is C18H20NO4. The standard InChI is InChI=1S/C18H20NO4/c1-17(2,23-14-7-5-10-19-13-14)18(21-11-6-12-22-18)15-8-3-4-9-16(15)20/h3-10,13,20H,11-12H2,1-2H3. The van der Waals surface area contributed by atoms with Crippen LogP contribution >= 0.6 is 0 Å². The Balaban J connectivity index is 2.03. The molecule has 0 aliphatic carbocycles. The molecule has 1 radical (unpaired) electrons. The molecule has 5 heteroatoms. The Labute approximate surface area is 135 Å². The molecule has 121 valence electrons. The van der Waals surface area contributed by atoms with Crippen LogP contribution in [0.4, 0.5) is 0 Å². The zero-order chi connectivity index (χ0) is 16.3. The van der Waals surface area contributed by atoms with Crippen LogP contribution in [-0.2, 0) is 15.3 Å². The topological polar surface area (TPSA) is 60.8 Å². The Bertz CT molecular complexity index is 651. The molecule has 1 aromatic heterocycles. The average molecular weight is 314 g/mol. The van der Waals surface area contributed by atoms with Gasteiger partial charge in [-0.3, -0.25) is 4.98 Å². The molecule has 23 heavy (non-hydrogen) atoms. The van der Waals surface area contributed by atoms with Crippen LogP contribution in [0.5, 0.6) is 11.5 Å². The molecular weight excluding hydrogens is 294 g/mol. The van der Waals surface area contributed by atoms with Crippen molar-refractivity contribution < 1.29 is 19.3 Å². The van der Waals surface area contributed by atoms with E-state index in [1.807, 2.05) is 32.4 Å². The molecule has 1 aromatic carbocycles. The van der Waals surface area contributed by atoms with Gasteiger partial charge in [0.1, 0.15) is 11.5 Å². The zero-order valence-electron chi connectivity index (χ0n) is 13.2. The Morgan fingerprint density at radius 2 is 1.87 bits per heavy atom. The van der Waals surface area contributed by atoms with Crippen LogP contribution in [0.2, 0.25) is 0 Å². The van der Waals surface area contributed by atoms with Crippen molar-refractivity contribution in [3.8, 4) is 11.5 Å². The van der Waals surface area contributed by atoms with Crippen LogP contribution in [0.15, 0.2) is 48.8 Å². The predicted molar refractivity (Wildman–Crippen MR) is 84.9 cm³/mol. The quantitative estimate of drug-likeness (QED) is 0.940. The van der Waals surface area contributed by atoms with Gasteiger partial charge >= 0.3 is 0 Å². The number of ether oxygens (including phenoxy) is 3. The first-order chi connectivity index (χ1) is 11.1. The summed E-state index contributed by atoms with van der Waals surface area (Å²) in [7, 11) is 0. The van der Waals surface area contributed by atoms with Crippen molar-refractivity contribution >= 4 is 0 Å². The Kier molecular flexibility index (Phi) is 4.24. The number of aromatic hydroxyl groups is 1. The van der Waals surface area contributed by atoms with Crippen LogP contribution in [0.3, 0.4) is 0 Å². The average Bonchev–Trinajstić information content (AvgIpc) is 2.56. The third kappa shape index (κ3) is 2.90. The number of rotatable bonds is 4. The highest BCUT2D eigenvalue weighted by Crippen LogP contribution is 2.45. The highest BCUT2D eigenvalue weighted by molar-refractivity contribution is 5.38. The maximum absolute atomic E-state index is 10.3. The van der Waals surface area contributed by atoms with Crippen LogP contribution in [-0.4, -0.2) is 28.9 Å². The van der Waals surface area contributed by atoms with E-state index >= 15 is 0 Å². The summed E-state index contributed by atoms with van der Waals surface area (Å²) in [5.41, 5.74) is -0.356. The number of pyridine rings is 1. The number of phenols is 1. The molecule has 5 nitrogen and oxygen atoms in total. The van der Waals surface area contributed by atoms with Crippen molar-refractivity contribution in [2.75, 3.05) is 13.2 Å². The summed E-state index contributed by atoms with van der Waals surface area (Å²) in [6.45, 7) is 4.57. The number of benzene rings is 1.